The van der Waals surface area contributed by atoms with E-state index in [-0.39, 0.29) is 0 Å². The Hall–Kier alpha value is -1.11. The van der Waals surface area contributed by atoms with Crippen molar-refractivity contribution in [2.75, 3.05) is 5.75 Å². The molecule has 7 heteroatoms. The van der Waals surface area contributed by atoms with Gasteiger partial charge in [0.2, 0.25) is 5.16 Å². The monoisotopic (exact) mass is 324 g/mol. The Morgan fingerprint density at radius 3 is 2.86 bits per heavy atom. The summed E-state index contributed by atoms with van der Waals surface area (Å²) in [5, 5.41) is 23.6. The highest BCUT2D eigenvalue weighted by Crippen LogP contribution is 2.33. The second kappa shape index (κ2) is 6.77. The average Bonchev–Trinajstić information content (AvgIpc) is 3.16. The Bertz CT molecular complexity index is 600. The molecule has 0 radical (unpaired) electrons. The molecule has 2 aromatic rings. The maximum atomic E-state index is 10.3. The number of hydrogen-bond acceptors (Lipinski definition) is 5. The van der Waals surface area contributed by atoms with E-state index in [1.165, 1.54) is 24.6 Å². The molecular weight excluding hydrogens is 308 g/mol. The molecule has 1 aliphatic rings. The van der Waals surface area contributed by atoms with Gasteiger partial charge in [-0.2, -0.15) is 0 Å². The van der Waals surface area contributed by atoms with Crippen LogP contribution in [-0.4, -0.2) is 31.1 Å². The van der Waals surface area contributed by atoms with Crippen LogP contribution in [0.4, 0.5) is 0 Å². The van der Waals surface area contributed by atoms with Gasteiger partial charge in [-0.25, -0.2) is 4.68 Å². The predicted octanol–water partition coefficient (Wildman–Crippen LogP) is 3.27. The van der Waals surface area contributed by atoms with Gasteiger partial charge in [-0.1, -0.05) is 54.4 Å². The number of thioether (sulfide) groups is 1. The van der Waals surface area contributed by atoms with Gasteiger partial charge in [0.05, 0.1) is 12.1 Å². The van der Waals surface area contributed by atoms with Gasteiger partial charge in [0.25, 0.3) is 0 Å². The van der Waals surface area contributed by atoms with Crippen molar-refractivity contribution in [1.82, 2.24) is 20.2 Å². The van der Waals surface area contributed by atoms with E-state index in [0.29, 0.717) is 16.8 Å². The molecule has 1 atom stereocenters. The molecule has 1 aliphatic carbocycles. The average molecular weight is 325 g/mol. The molecule has 1 heterocycles. The lowest BCUT2D eigenvalue weighted by Crippen LogP contribution is -2.09. The van der Waals surface area contributed by atoms with Crippen molar-refractivity contribution < 1.29 is 5.11 Å². The number of hydrogen-bond donors (Lipinski definition) is 1. The number of halogens is 1. The number of benzene rings is 1. The minimum atomic E-state index is -0.627. The van der Waals surface area contributed by atoms with Crippen LogP contribution in [0.3, 0.4) is 0 Å². The number of nitrogens with zero attached hydrogens (tertiary/aromatic N) is 4. The number of rotatable bonds is 5. The van der Waals surface area contributed by atoms with Crippen molar-refractivity contribution in [1.29, 1.82) is 0 Å². The maximum absolute atomic E-state index is 10.3. The summed E-state index contributed by atoms with van der Waals surface area (Å²) in [5.74, 6) is 0.483. The van der Waals surface area contributed by atoms with Gasteiger partial charge >= 0.3 is 0 Å². The molecule has 1 N–H and O–H groups in total. The SMILES string of the molecule is OC(CSc1nnnn1C1CCCC1)c1ccccc1Cl. The third-order valence-corrected chi connectivity index (χ3v) is 5.12. The fraction of sp³-hybridized carbons (Fsp3) is 0.500. The van der Waals surface area contributed by atoms with Gasteiger partial charge < -0.3 is 5.11 Å². The summed E-state index contributed by atoms with van der Waals surface area (Å²) in [6.45, 7) is 0. The Kier molecular flexibility index (Phi) is 4.77. The summed E-state index contributed by atoms with van der Waals surface area (Å²) in [6, 6.07) is 7.75. The molecular formula is C14H17ClN4OS. The Morgan fingerprint density at radius 1 is 1.33 bits per heavy atom. The van der Waals surface area contributed by atoms with Crippen LogP contribution in [-0.2, 0) is 0 Å². The second-order valence-corrected chi connectivity index (χ2v) is 6.59. The van der Waals surface area contributed by atoms with Crippen LogP contribution in [0.1, 0.15) is 43.4 Å². The first-order chi connectivity index (χ1) is 10.3. The summed E-state index contributed by atoms with van der Waals surface area (Å²) in [4.78, 5) is 0. The summed E-state index contributed by atoms with van der Waals surface area (Å²) >= 11 is 7.57. The highest BCUT2D eigenvalue weighted by atomic mass is 35.5. The number of aliphatic hydroxyl groups is 1. The quantitative estimate of drug-likeness (QED) is 0.855. The van der Waals surface area contributed by atoms with E-state index in [4.69, 9.17) is 11.6 Å². The normalized spacial score (nSPS) is 17.2. The van der Waals surface area contributed by atoms with E-state index in [1.54, 1.807) is 6.07 Å². The molecule has 0 spiro atoms. The molecule has 1 unspecified atom stereocenters. The standard InChI is InChI=1S/C14H17ClN4OS/c15-12-8-4-3-7-11(12)13(20)9-21-14-16-17-18-19(14)10-5-1-2-6-10/h3-4,7-8,10,13,20H,1-2,5-6,9H2. The van der Waals surface area contributed by atoms with E-state index in [2.05, 4.69) is 15.5 Å². The van der Waals surface area contributed by atoms with Gasteiger partial charge in [-0.05, 0) is 34.9 Å². The van der Waals surface area contributed by atoms with Gasteiger partial charge in [0.15, 0.2) is 0 Å². The molecule has 1 fully saturated rings. The van der Waals surface area contributed by atoms with Crippen LogP contribution in [0.5, 0.6) is 0 Å². The zero-order valence-corrected chi connectivity index (χ0v) is 13.1. The van der Waals surface area contributed by atoms with Crippen LogP contribution in [0, 0.1) is 0 Å². The van der Waals surface area contributed by atoms with E-state index >= 15 is 0 Å². The van der Waals surface area contributed by atoms with E-state index in [0.717, 1.165) is 23.6 Å². The fourth-order valence-corrected chi connectivity index (χ4v) is 3.81. The molecule has 21 heavy (non-hydrogen) atoms. The molecule has 1 aromatic heterocycles. The summed E-state index contributed by atoms with van der Waals surface area (Å²) in [5.41, 5.74) is 0.742. The minimum absolute atomic E-state index is 0.403. The van der Waals surface area contributed by atoms with Gasteiger partial charge in [-0.15, -0.1) is 5.10 Å². The van der Waals surface area contributed by atoms with Crippen molar-refractivity contribution in [3.63, 3.8) is 0 Å². The highest BCUT2D eigenvalue weighted by Gasteiger charge is 2.22. The topological polar surface area (TPSA) is 63.8 Å². The third-order valence-electron chi connectivity index (χ3n) is 3.77. The maximum Gasteiger partial charge on any atom is 0.209 e. The van der Waals surface area contributed by atoms with Gasteiger partial charge in [-0.3, -0.25) is 0 Å². The van der Waals surface area contributed by atoms with E-state index in [9.17, 15) is 5.11 Å². The molecule has 0 bridgehead atoms. The van der Waals surface area contributed by atoms with Crippen molar-refractivity contribution in [3.05, 3.63) is 34.9 Å². The fourth-order valence-electron chi connectivity index (χ4n) is 2.65. The van der Waals surface area contributed by atoms with Crippen LogP contribution >= 0.6 is 23.4 Å². The zero-order valence-electron chi connectivity index (χ0n) is 11.5. The number of aromatic nitrogens is 4. The molecule has 0 aliphatic heterocycles. The van der Waals surface area contributed by atoms with Gasteiger partial charge in [0.1, 0.15) is 0 Å². The Morgan fingerprint density at radius 2 is 2.10 bits per heavy atom. The number of tetrazole rings is 1. The van der Waals surface area contributed by atoms with Crippen molar-refractivity contribution in [3.8, 4) is 0 Å². The van der Waals surface area contributed by atoms with Crippen molar-refractivity contribution >= 4 is 23.4 Å². The largest absolute Gasteiger partial charge is 0.387 e. The molecule has 5 nitrogen and oxygen atoms in total. The van der Waals surface area contributed by atoms with Gasteiger partial charge in [0, 0.05) is 10.8 Å². The lowest BCUT2D eigenvalue weighted by atomic mass is 10.1. The third kappa shape index (κ3) is 3.39. The van der Waals surface area contributed by atoms with Crippen molar-refractivity contribution in [2.45, 2.75) is 43.0 Å². The Labute approximate surface area is 132 Å². The summed E-state index contributed by atoms with van der Waals surface area (Å²) in [6.07, 6.45) is 4.10. The molecule has 112 valence electrons. The van der Waals surface area contributed by atoms with Crippen molar-refractivity contribution in [2.24, 2.45) is 0 Å². The summed E-state index contributed by atoms with van der Waals surface area (Å²) in [7, 11) is 0. The second-order valence-electron chi connectivity index (χ2n) is 5.19. The smallest absolute Gasteiger partial charge is 0.209 e. The molecule has 0 saturated heterocycles. The van der Waals surface area contributed by atoms with E-state index in [1.807, 2.05) is 22.9 Å². The molecule has 1 aromatic carbocycles. The molecule has 0 amide bonds. The molecule has 3 rings (SSSR count). The predicted molar refractivity (Wildman–Crippen MR) is 82.5 cm³/mol. The Balaban J connectivity index is 1.65. The summed E-state index contributed by atoms with van der Waals surface area (Å²) < 4.78 is 1.90. The number of aliphatic hydroxyl groups excluding tert-OH is 1. The first kappa shape index (κ1) is 14.8. The zero-order chi connectivity index (χ0) is 14.7. The molecule has 1 saturated carbocycles. The van der Waals surface area contributed by atoms with Crippen LogP contribution in [0.15, 0.2) is 29.4 Å². The van der Waals surface area contributed by atoms with Crippen LogP contribution in [0.2, 0.25) is 5.02 Å². The highest BCUT2D eigenvalue weighted by molar-refractivity contribution is 7.99. The first-order valence-electron chi connectivity index (χ1n) is 7.09. The van der Waals surface area contributed by atoms with Crippen LogP contribution in [0.25, 0.3) is 0 Å². The van der Waals surface area contributed by atoms with Crippen LogP contribution < -0.4 is 0 Å². The lowest BCUT2D eigenvalue weighted by Gasteiger charge is -2.14. The minimum Gasteiger partial charge on any atom is -0.387 e. The lowest BCUT2D eigenvalue weighted by molar-refractivity contribution is 0.204. The first-order valence-corrected chi connectivity index (χ1v) is 8.45. The van der Waals surface area contributed by atoms with E-state index < -0.39 is 6.10 Å².